The normalized spacial score (nSPS) is 13.3. The predicted octanol–water partition coefficient (Wildman–Crippen LogP) is 9.96. The van der Waals surface area contributed by atoms with Gasteiger partial charge in [-0.2, -0.15) is 8.42 Å². The number of ketones is 3. The zero-order valence-electron chi connectivity index (χ0n) is 34.4. The minimum Gasteiger partial charge on any atom is -0.494 e. The second-order valence-electron chi connectivity index (χ2n) is 13.4. The standard InChI is InChI=1S/C15H21FO3.2C14H17FO2.H2O4S/c1-4-5-6-12(10-18-2)15(17)11-7-8-14(19-3)13(16)9-11;1-3-4-5-9-6-10-7-13(17-2)12(15)8-11(10)14(9)16;1-4-5-6-10(2)14(16)11-7-8-13(17-3)12(15)9-11;1-5(2,3)4/h7-9,12H,4-6,10H2,1-3H3;7-9H,3-6H2,1-2H3;7-9H,2,4-6H2,1,3H3;(H2,1,2,3,4). The Bertz CT molecular complexity index is 1910. The second-order valence-corrected chi connectivity index (χ2v) is 14.3. The lowest BCUT2D eigenvalue weighted by Gasteiger charge is -2.15. The molecule has 2 unspecified atom stereocenters. The Morgan fingerprint density at radius 1 is 0.776 bits per heavy atom. The molecule has 0 spiro atoms. The third-order valence-corrected chi connectivity index (χ3v) is 9.03. The Labute approximate surface area is 340 Å². The number of hydrogen-bond donors (Lipinski definition) is 2. The Morgan fingerprint density at radius 2 is 1.28 bits per heavy atom. The van der Waals surface area contributed by atoms with Gasteiger partial charge in [-0.3, -0.25) is 23.5 Å². The van der Waals surface area contributed by atoms with Crippen LogP contribution in [-0.4, -0.2) is 69.9 Å². The molecule has 11 nitrogen and oxygen atoms in total. The van der Waals surface area contributed by atoms with Crippen molar-refractivity contribution in [3.05, 3.63) is 100 Å². The number of carbonyl (C=O) groups excluding carboxylic acids is 3. The molecule has 0 radical (unpaired) electrons. The summed E-state index contributed by atoms with van der Waals surface area (Å²) in [5, 5.41) is 0. The first-order valence-corrected chi connectivity index (χ1v) is 20.3. The van der Waals surface area contributed by atoms with Crippen LogP contribution in [0.1, 0.15) is 115 Å². The van der Waals surface area contributed by atoms with Crippen molar-refractivity contribution in [3.63, 3.8) is 0 Å². The Balaban J connectivity index is 0.000000411. The first kappa shape index (κ1) is 51.4. The van der Waals surface area contributed by atoms with E-state index in [-0.39, 0.29) is 46.4 Å². The SMILES string of the molecule is C=C(CCCC)C(=O)c1ccc(OC)c(F)c1.CCCCC(COC)C(=O)c1ccc(OC)c(F)c1.CCCCC1Cc2cc(OC)c(F)cc2C1=O.O=S(=O)(O)O. The van der Waals surface area contributed by atoms with Gasteiger partial charge in [-0.15, -0.1) is 0 Å². The Hall–Kier alpha value is -4.57. The lowest BCUT2D eigenvalue weighted by molar-refractivity contribution is 0.0790. The van der Waals surface area contributed by atoms with Crippen LogP contribution < -0.4 is 14.2 Å². The molecule has 0 saturated heterocycles. The van der Waals surface area contributed by atoms with Crippen LogP contribution in [0, 0.1) is 29.3 Å². The van der Waals surface area contributed by atoms with Crippen molar-refractivity contribution in [2.75, 3.05) is 35.0 Å². The lowest BCUT2D eigenvalue weighted by Crippen LogP contribution is -2.20. The summed E-state index contributed by atoms with van der Waals surface area (Å²) in [7, 11) is 1.13. The van der Waals surface area contributed by atoms with E-state index in [4.69, 9.17) is 36.5 Å². The number of halogens is 3. The van der Waals surface area contributed by atoms with Gasteiger partial charge in [0.25, 0.3) is 0 Å². The van der Waals surface area contributed by atoms with Crippen molar-refractivity contribution in [2.45, 2.75) is 85.0 Å². The van der Waals surface area contributed by atoms with E-state index in [1.807, 2.05) is 6.92 Å². The number of fused-ring (bicyclic) bond motifs is 1. The molecule has 3 aromatic rings. The maximum absolute atomic E-state index is 13.6. The summed E-state index contributed by atoms with van der Waals surface area (Å²) in [5.74, 6) is -1.32. The van der Waals surface area contributed by atoms with Gasteiger partial charge >= 0.3 is 10.4 Å². The van der Waals surface area contributed by atoms with E-state index >= 15 is 0 Å². The number of methoxy groups -OCH3 is 4. The number of allylic oxidation sites excluding steroid dienone is 1. The van der Waals surface area contributed by atoms with Crippen LogP contribution in [0.3, 0.4) is 0 Å². The maximum atomic E-state index is 13.6. The Morgan fingerprint density at radius 3 is 1.76 bits per heavy atom. The van der Waals surface area contributed by atoms with Crippen LogP contribution in [-0.2, 0) is 21.6 Å². The van der Waals surface area contributed by atoms with Crippen LogP contribution in [0.15, 0.2) is 60.7 Å². The van der Waals surface area contributed by atoms with E-state index in [9.17, 15) is 27.6 Å². The molecule has 1 aliphatic rings. The third kappa shape index (κ3) is 17.5. The van der Waals surface area contributed by atoms with Crippen LogP contribution in [0.25, 0.3) is 0 Å². The van der Waals surface area contributed by atoms with Gasteiger partial charge in [-0.1, -0.05) is 59.5 Å². The average molecular weight is 839 g/mol. The van der Waals surface area contributed by atoms with E-state index in [2.05, 4.69) is 20.4 Å². The fraction of sp³-hybridized carbons (Fsp3) is 0.465. The molecular weight excluding hydrogens is 782 g/mol. The van der Waals surface area contributed by atoms with Crippen molar-refractivity contribution < 1.29 is 64.0 Å². The van der Waals surface area contributed by atoms with E-state index in [0.717, 1.165) is 63.4 Å². The number of carbonyl (C=O) groups is 3. The third-order valence-electron chi connectivity index (χ3n) is 9.03. The monoisotopic (exact) mass is 838 g/mol. The molecule has 322 valence electrons. The molecule has 0 heterocycles. The molecule has 2 atom stereocenters. The van der Waals surface area contributed by atoms with Gasteiger partial charge in [-0.05, 0) is 91.8 Å². The molecule has 0 bridgehead atoms. The molecule has 0 fully saturated rings. The molecule has 0 amide bonds. The first-order valence-electron chi connectivity index (χ1n) is 18.9. The fourth-order valence-electron chi connectivity index (χ4n) is 5.92. The fourth-order valence-corrected chi connectivity index (χ4v) is 5.92. The van der Waals surface area contributed by atoms with E-state index in [0.29, 0.717) is 35.3 Å². The summed E-state index contributed by atoms with van der Waals surface area (Å²) in [6.45, 7) is 10.3. The van der Waals surface area contributed by atoms with Crippen molar-refractivity contribution in [2.24, 2.45) is 11.8 Å². The minimum atomic E-state index is -4.67. The second kappa shape index (κ2) is 26.4. The van der Waals surface area contributed by atoms with Crippen LogP contribution in [0.5, 0.6) is 17.2 Å². The zero-order valence-corrected chi connectivity index (χ0v) is 35.2. The molecule has 58 heavy (non-hydrogen) atoms. The first-order chi connectivity index (χ1) is 27.4. The summed E-state index contributed by atoms with van der Waals surface area (Å²) in [5.41, 5.74) is 2.69. The summed E-state index contributed by atoms with van der Waals surface area (Å²) < 4.78 is 91.8. The van der Waals surface area contributed by atoms with Crippen molar-refractivity contribution in [1.29, 1.82) is 0 Å². The summed E-state index contributed by atoms with van der Waals surface area (Å²) >= 11 is 0. The number of unbranched alkanes of at least 4 members (excludes halogenated alkanes) is 3. The van der Waals surface area contributed by atoms with Gasteiger partial charge in [0.15, 0.2) is 52.0 Å². The molecule has 4 rings (SSSR count). The highest BCUT2D eigenvalue weighted by Gasteiger charge is 2.31. The van der Waals surface area contributed by atoms with Gasteiger partial charge < -0.3 is 18.9 Å². The largest absolute Gasteiger partial charge is 0.494 e. The van der Waals surface area contributed by atoms with Gasteiger partial charge in [0.1, 0.15) is 0 Å². The van der Waals surface area contributed by atoms with E-state index < -0.39 is 27.9 Å². The van der Waals surface area contributed by atoms with Crippen LogP contribution >= 0.6 is 0 Å². The summed E-state index contributed by atoms with van der Waals surface area (Å²) in [6.07, 6.45) is 9.07. The summed E-state index contributed by atoms with van der Waals surface area (Å²) in [4.78, 5) is 36.2. The number of hydrogen-bond acceptors (Lipinski definition) is 9. The zero-order chi connectivity index (χ0) is 44.0. The number of ether oxygens (including phenoxy) is 4. The molecule has 0 aromatic heterocycles. The van der Waals surface area contributed by atoms with Crippen LogP contribution in [0.4, 0.5) is 13.2 Å². The topological polar surface area (TPSA) is 163 Å². The molecule has 15 heteroatoms. The average Bonchev–Trinajstić information content (AvgIpc) is 3.49. The molecule has 0 saturated carbocycles. The van der Waals surface area contributed by atoms with E-state index in [1.54, 1.807) is 25.3 Å². The Kier molecular flexibility index (Phi) is 23.4. The van der Waals surface area contributed by atoms with Crippen molar-refractivity contribution in [3.8, 4) is 17.2 Å². The van der Waals surface area contributed by atoms with Crippen molar-refractivity contribution >= 4 is 27.7 Å². The smallest absolute Gasteiger partial charge is 0.394 e. The van der Waals surface area contributed by atoms with E-state index in [1.165, 1.54) is 51.7 Å². The lowest BCUT2D eigenvalue weighted by atomic mass is 9.93. The molecule has 1 aliphatic carbocycles. The molecule has 3 aromatic carbocycles. The molecular formula is C43H57F3O11S. The minimum absolute atomic E-state index is 0.0384. The maximum Gasteiger partial charge on any atom is 0.394 e. The highest BCUT2D eigenvalue weighted by atomic mass is 32.3. The van der Waals surface area contributed by atoms with Gasteiger partial charge in [0, 0.05) is 35.6 Å². The van der Waals surface area contributed by atoms with Crippen molar-refractivity contribution in [1.82, 2.24) is 0 Å². The van der Waals surface area contributed by atoms with Crippen LogP contribution in [0.2, 0.25) is 0 Å². The highest BCUT2D eigenvalue weighted by molar-refractivity contribution is 7.79. The highest BCUT2D eigenvalue weighted by Crippen LogP contribution is 2.34. The van der Waals surface area contributed by atoms with Gasteiger partial charge in [0.2, 0.25) is 0 Å². The molecule has 0 aliphatic heterocycles. The number of rotatable bonds is 18. The number of benzene rings is 3. The molecule has 2 N–H and O–H groups in total. The number of Topliss-reactive ketones (excluding diaryl/α,β-unsaturated/α-hetero) is 3. The quantitative estimate of drug-likeness (QED) is 0.0712. The summed E-state index contributed by atoms with van der Waals surface area (Å²) in [6, 6.07) is 11.5. The van der Waals surface area contributed by atoms with Gasteiger partial charge in [-0.25, -0.2) is 13.2 Å². The predicted molar refractivity (Wildman–Crippen MR) is 216 cm³/mol. The van der Waals surface area contributed by atoms with Gasteiger partial charge in [0.05, 0.1) is 27.9 Å².